The Labute approximate surface area is 74.5 Å². The maximum Gasteiger partial charge on any atom is 0.120 e. The first-order chi connectivity index (χ1) is 5.27. The molecule has 2 nitrogen and oxygen atoms in total. The van der Waals surface area contributed by atoms with Crippen LogP contribution in [0.2, 0.25) is 0 Å². The summed E-state index contributed by atoms with van der Waals surface area (Å²) in [6, 6.07) is 5.75. The second-order valence-electron chi connectivity index (χ2n) is 2.16. The molecule has 0 aromatic heterocycles. The van der Waals surface area contributed by atoms with Gasteiger partial charge in [0.25, 0.3) is 0 Å². The van der Waals surface area contributed by atoms with E-state index in [1.807, 2.05) is 18.2 Å². The van der Waals surface area contributed by atoms with E-state index in [0.29, 0.717) is 6.54 Å². The van der Waals surface area contributed by atoms with Crippen LogP contribution in [0.15, 0.2) is 22.7 Å². The smallest absolute Gasteiger partial charge is 0.120 e. The van der Waals surface area contributed by atoms with E-state index >= 15 is 0 Å². The topological polar surface area (TPSA) is 35.2 Å². The number of ether oxygens (including phenoxy) is 1. The van der Waals surface area contributed by atoms with Crippen molar-refractivity contribution in [3.63, 3.8) is 0 Å². The van der Waals surface area contributed by atoms with Crippen LogP contribution in [0.4, 0.5) is 0 Å². The van der Waals surface area contributed by atoms with E-state index < -0.39 is 0 Å². The molecule has 60 valence electrons. The van der Waals surface area contributed by atoms with Crippen molar-refractivity contribution < 1.29 is 4.74 Å². The minimum Gasteiger partial charge on any atom is -0.497 e. The molecule has 0 bridgehead atoms. The van der Waals surface area contributed by atoms with Crippen LogP contribution in [-0.2, 0) is 6.54 Å². The van der Waals surface area contributed by atoms with Crippen LogP contribution in [0.25, 0.3) is 0 Å². The summed E-state index contributed by atoms with van der Waals surface area (Å²) < 4.78 is 6.02. The lowest BCUT2D eigenvalue weighted by Gasteiger charge is -2.03. The molecule has 0 atom stereocenters. The van der Waals surface area contributed by atoms with E-state index in [0.717, 1.165) is 15.8 Å². The molecule has 0 saturated carbocycles. The normalized spacial score (nSPS) is 9.73. The first-order valence-corrected chi connectivity index (χ1v) is 4.09. The zero-order chi connectivity index (χ0) is 8.27. The highest BCUT2D eigenvalue weighted by molar-refractivity contribution is 9.10. The fourth-order valence-electron chi connectivity index (χ4n) is 0.821. The summed E-state index contributed by atoms with van der Waals surface area (Å²) in [6.07, 6.45) is 0. The third-order valence-electron chi connectivity index (χ3n) is 1.48. The summed E-state index contributed by atoms with van der Waals surface area (Å²) in [6.45, 7) is 0.546. The molecule has 0 radical (unpaired) electrons. The molecular weight excluding hydrogens is 206 g/mol. The van der Waals surface area contributed by atoms with Gasteiger partial charge in [0.1, 0.15) is 5.75 Å². The molecule has 1 rings (SSSR count). The second-order valence-corrected chi connectivity index (χ2v) is 3.02. The Morgan fingerprint density at radius 2 is 2.27 bits per heavy atom. The summed E-state index contributed by atoms with van der Waals surface area (Å²) in [7, 11) is 1.64. The fraction of sp³-hybridized carbons (Fsp3) is 0.250. The van der Waals surface area contributed by atoms with E-state index in [-0.39, 0.29) is 0 Å². The summed E-state index contributed by atoms with van der Waals surface area (Å²) in [5.41, 5.74) is 6.56. The monoisotopic (exact) mass is 215 g/mol. The van der Waals surface area contributed by atoms with E-state index in [1.165, 1.54) is 0 Å². The van der Waals surface area contributed by atoms with E-state index in [9.17, 15) is 0 Å². The van der Waals surface area contributed by atoms with Crippen molar-refractivity contribution in [3.8, 4) is 5.75 Å². The summed E-state index contributed by atoms with van der Waals surface area (Å²) in [4.78, 5) is 0. The van der Waals surface area contributed by atoms with Gasteiger partial charge >= 0.3 is 0 Å². The van der Waals surface area contributed by atoms with Gasteiger partial charge in [-0.15, -0.1) is 0 Å². The number of benzene rings is 1. The molecule has 0 amide bonds. The fourth-order valence-corrected chi connectivity index (χ4v) is 1.34. The largest absolute Gasteiger partial charge is 0.497 e. The molecule has 0 spiro atoms. The van der Waals surface area contributed by atoms with Crippen LogP contribution in [0.3, 0.4) is 0 Å². The molecule has 0 aliphatic carbocycles. The van der Waals surface area contributed by atoms with Gasteiger partial charge in [0.2, 0.25) is 0 Å². The van der Waals surface area contributed by atoms with Crippen LogP contribution in [0.1, 0.15) is 5.56 Å². The Balaban J connectivity index is 2.99. The Hall–Kier alpha value is -0.540. The first kappa shape index (κ1) is 8.56. The molecule has 0 unspecified atom stereocenters. The number of halogens is 1. The molecule has 0 fully saturated rings. The van der Waals surface area contributed by atoms with Crippen molar-refractivity contribution in [1.29, 1.82) is 0 Å². The standard InChI is InChI=1S/C8H10BrNO/c1-11-7-3-2-6(5-10)8(9)4-7/h2-4H,5,10H2,1H3. The molecule has 0 saturated heterocycles. The highest BCUT2D eigenvalue weighted by Gasteiger charge is 1.98. The zero-order valence-corrected chi connectivity index (χ0v) is 7.89. The number of nitrogens with two attached hydrogens (primary N) is 1. The van der Waals surface area contributed by atoms with Gasteiger partial charge in [0, 0.05) is 11.0 Å². The number of hydrogen-bond acceptors (Lipinski definition) is 2. The Morgan fingerprint density at radius 1 is 1.55 bits per heavy atom. The zero-order valence-electron chi connectivity index (χ0n) is 6.30. The van der Waals surface area contributed by atoms with E-state index in [4.69, 9.17) is 10.5 Å². The van der Waals surface area contributed by atoms with Crippen LogP contribution in [0.5, 0.6) is 5.75 Å². The minimum atomic E-state index is 0.546. The molecular formula is C8H10BrNO. The maximum absolute atomic E-state index is 5.47. The molecule has 0 heterocycles. The van der Waals surface area contributed by atoms with Gasteiger partial charge in [-0.1, -0.05) is 22.0 Å². The van der Waals surface area contributed by atoms with E-state index in [2.05, 4.69) is 15.9 Å². The van der Waals surface area contributed by atoms with Crippen LogP contribution in [-0.4, -0.2) is 7.11 Å². The Kier molecular flexibility index (Phi) is 2.91. The summed E-state index contributed by atoms with van der Waals surface area (Å²) >= 11 is 3.39. The average molecular weight is 216 g/mol. The first-order valence-electron chi connectivity index (χ1n) is 3.30. The van der Waals surface area contributed by atoms with Gasteiger partial charge in [0.05, 0.1) is 7.11 Å². The van der Waals surface area contributed by atoms with Crippen molar-refractivity contribution in [2.45, 2.75) is 6.54 Å². The van der Waals surface area contributed by atoms with Gasteiger partial charge < -0.3 is 10.5 Å². The molecule has 0 aliphatic heterocycles. The highest BCUT2D eigenvalue weighted by atomic mass is 79.9. The predicted molar refractivity (Wildman–Crippen MR) is 48.6 cm³/mol. The van der Waals surface area contributed by atoms with Crippen molar-refractivity contribution in [2.24, 2.45) is 5.73 Å². The van der Waals surface area contributed by atoms with Crippen molar-refractivity contribution >= 4 is 15.9 Å². The van der Waals surface area contributed by atoms with Crippen LogP contribution >= 0.6 is 15.9 Å². The Bertz CT molecular complexity index is 250. The minimum absolute atomic E-state index is 0.546. The average Bonchev–Trinajstić information content (AvgIpc) is 2.04. The maximum atomic E-state index is 5.47. The van der Waals surface area contributed by atoms with Crippen LogP contribution < -0.4 is 10.5 Å². The van der Waals surface area contributed by atoms with E-state index in [1.54, 1.807) is 7.11 Å². The van der Waals surface area contributed by atoms with Crippen molar-refractivity contribution in [2.75, 3.05) is 7.11 Å². The molecule has 3 heteroatoms. The molecule has 2 N–H and O–H groups in total. The second kappa shape index (κ2) is 3.74. The molecule has 1 aromatic carbocycles. The predicted octanol–water partition coefficient (Wildman–Crippen LogP) is 1.92. The summed E-state index contributed by atoms with van der Waals surface area (Å²) in [5, 5.41) is 0. The summed E-state index contributed by atoms with van der Waals surface area (Å²) in [5.74, 6) is 0.842. The quantitative estimate of drug-likeness (QED) is 0.819. The highest BCUT2D eigenvalue weighted by Crippen LogP contribution is 2.22. The van der Waals surface area contributed by atoms with Crippen molar-refractivity contribution in [3.05, 3.63) is 28.2 Å². The third-order valence-corrected chi connectivity index (χ3v) is 2.22. The lowest BCUT2D eigenvalue weighted by molar-refractivity contribution is 0.414. The number of hydrogen-bond donors (Lipinski definition) is 1. The number of methoxy groups -OCH3 is 1. The molecule has 1 aromatic rings. The van der Waals surface area contributed by atoms with Gasteiger partial charge in [0.15, 0.2) is 0 Å². The lowest BCUT2D eigenvalue weighted by atomic mass is 10.2. The van der Waals surface area contributed by atoms with Gasteiger partial charge in [-0.25, -0.2) is 0 Å². The Morgan fingerprint density at radius 3 is 2.73 bits per heavy atom. The third kappa shape index (κ3) is 1.94. The van der Waals surface area contributed by atoms with Gasteiger partial charge in [-0.05, 0) is 17.7 Å². The van der Waals surface area contributed by atoms with Gasteiger partial charge in [-0.2, -0.15) is 0 Å². The molecule has 0 aliphatic rings. The van der Waals surface area contributed by atoms with Crippen LogP contribution in [0, 0.1) is 0 Å². The number of rotatable bonds is 2. The molecule has 11 heavy (non-hydrogen) atoms. The van der Waals surface area contributed by atoms with Crippen molar-refractivity contribution in [1.82, 2.24) is 0 Å². The lowest BCUT2D eigenvalue weighted by Crippen LogP contribution is -1.97. The van der Waals surface area contributed by atoms with Gasteiger partial charge in [-0.3, -0.25) is 0 Å². The SMILES string of the molecule is COc1ccc(CN)c(Br)c1.